The maximum Gasteiger partial charge on any atom is 0.193 e. The van der Waals surface area contributed by atoms with E-state index >= 15 is 0 Å². The van der Waals surface area contributed by atoms with Crippen LogP contribution in [-0.4, -0.2) is 9.38 Å². The van der Waals surface area contributed by atoms with E-state index in [1.807, 2.05) is 22.9 Å². The van der Waals surface area contributed by atoms with E-state index in [-0.39, 0.29) is 6.04 Å². The molecule has 0 radical (unpaired) electrons. The molecule has 2 rings (SSSR count). The minimum absolute atomic E-state index is 0.0814. The second-order valence-electron chi connectivity index (χ2n) is 2.53. The molecule has 0 aliphatic rings. The minimum Gasteiger partial charge on any atom is -0.323 e. The van der Waals surface area contributed by atoms with Gasteiger partial charge in [-0.2, -0.15) is 0 Å². The van der Waals surface area contributed by atoms with Gasteiger partial charge in [0.1, 0.15) is 0 Å². The first-order valence-corrected chi connectivity index (χ1v) is 4.33. The summed E-state index contributed by atoms with van der Waals surface area (Å²) in [6.45, 7) is 1.97. The van der Waals surface area contributed by atoms with Crippen LogP contribution in [-0.2, 0) is 0 Å². The van der Waals surface area contributed by atoms with Crippen molar-refractivity contribution in [2.75, 3.05) is 0 Å². The maximum absolute atomic E-state index is 5.74. The molecule has 0 fully saturated rings. The fourth-order valence-corrected chi connectivity index (χ4v) is 2.03. The van der Waals surface area contributed by atoms with Gasteiger partial charge in [0.25, 0.3) is 0 Å². The Kier molecular flexibility index (Phi) is 1.44. The van der Waals surface area contributed by atoms with E-state index in [9.17, 15) is 0 Å². The topological polar surface area (TPSA) is 43.3 Å². The van der Waals surface area contributed by atoms with Gasteiger partial charge in [-0.3, -0.25) is 4.40 Å². The first-order valence-electron chi connectivity index (χ1n) is 3.45. The molecule has 2 aromatic rings. The predicted molar refractivity (Wildman–Crippen MR) is 45.7 cm³/mol. The highest BCUT2D eigenvalue weighted by molar-refractivity contribution is 7.15. The molecular weight excluding hydrogens is 158 g/mol. The Bertz CT molecular complexity index is 360. The first kappa shape index (κ1) is 6.82. The zero-order chi connectivity index (χ0) is 7.84. The molecule has 3 nitrogen and oxygen atoms in total. The Morgan fingerprint density at radius 3 is 3.27 bits per heavy atom. The molecule has 0 amide bonds. The van der Waals surface area contributed by atoms with E-state index in [4.69, 9.17) is 5.73 Å². The Hall–Kier alpha value is -0.870. The molecule has 4 heteroatoms. The van der Waals surface area contributed by atoms with Crippen LogP contribution in [0.25, 0.3) is 4.96 Å². The minimum atomic E-state index is 0.0814. The first-order chi connectivity index (χ1) is 5.29. The highest BCUT2D eigenvalue weighted by Gasteiger charge is 2.06. The molecule has 2 heterocycles. The van der Waals surface area contributed by atoms with Gasteiger partial charge >= 0.3 is 0 Å². The number of hydrogen-bond donors (Lipinski definition) is 1. The summed E-state index contributed by atoms with van der Waals surface area (Å²) < 4.78 is 2.02. The van der Waals surface area contributed by atoms with Crippen molar-refractivity contribution in [3.05, 3.63) is 23.5 Å². The SMILES string of the molecule is CC(N)c1csc2nccn12. The lowest BCUT2D eigenvalue weighted by molar-refractivity contribution is 0.772. The van der Waals surface area contributed by atoms with Crippen molar-refractivity contribution in [3.63, 3.8) is 0 Å². The lowest BCUT2D eigenvalue weighted by Gasteiger charge is -2.00. The predicted octanol–water partition coefficient (Wildman–Crippen LogP) is 1.42. The van der Waals surface area contributed by atoms with Crippen LogP contribution in [0.5, 0.6) is 0 Å². The van der Waals surface area contributed by atoms with Crippen molar-refractivity contribution in [2.45, 2.75) is 13.0 Å². The van der Waals surface area contributed by atoms with E-state index in [0.717, 1.165) is 10.7 Å². The lowest BCUT2D eigenvalue weighted by Crippen LogP contribution is -2.06. The summed E-state index contributed by atoms with van der Waals surface area (Å²) in [5.74, 6) is 0. The molecule has 1 atom stereocenters. The Labute approximate surface area is 68.5 Å². The van der Waals surface area contributed by atoms with Crippen LogP contribution >= 0.6 is 11.3 Å². The van der Waals surface area contributed by atoms with E-state index in [1.165, 1.54) is 0 Å². The van der Waals surface area contributed by atoms with Gasteiger partial charge in [0, 0.05) is 23.8 Å². The van der Waals surface area contributed by atoms with Gasteiger partial charge in [0.15, 0.2) is 4.96 Å². The van der Waals surface area contributed by atoms with E-state index in [2.05, 4.69) is 4.98 Å². The van der Waals surface area contributed by atoms with E-state index in [1.54, 1.807) is 17.5 Å². The fourth-order valence-electron chi connectivity index (χ4n) is 1.07. The summed E-state index contributed by atoms with van der Waals surface area (Å²) in [5, 5.41) is 2.05. The van der Waals surface area contributed by atoms with Crippen LogP contribution in [0.2, 0.25) is 0 Å². The number of aromatic nitrogens is 2. The smallest absolute Gasteiger partial charge is 0.193 e. The summed E-state index contributed by atoms with van der Waals surface area (Å²) >= 11 is 1.62. The van der Waals surface area contributed by atoms with Crippen LogP contribution in [0.3, 0.4) is 0 Å². The summed E-state index contributed by atoms with van der Waals surface area (Å²) in [5.41, 5.74) is 6.87. The van der Waals surface area contributed by atoms with Gasteiger partial charge in [0.2, 0.25) is 0 Å². The Morgan fingerprint density at radius 1 is 1.73 bits per heavy atom. The largest absolute Gasteiger partial charge is 0.323 e. The van der Waals surface area contributed by atoms with Crippen molar-refractivity contribution in [2.24, 2.45) is 5.73 Å². The van der Waals surface area contributed by atoms with Gasteiger partial charge in [-0.25, -0.2) is 4.98 Å². The molecule has 0 aliphatic heterocycles. The van der Waals surface area contributed by atoms with E-state index < -0.39 is 0 Å². The monoisotopic (exact) mass is 167 g/mol. The number of rotatable bonds is 1. The molecule has 11 heavy (non-hydrogen) atoms. The number of nitrogens with zero attached hydrogens (tertiary/aromatic N) is 2. The molecule has 58 valence electrons. The highest BCUT2D eigenvalue weighted by atomic mass is 32.1. The molecule has 0 spiro atoms. The van der Waals surface area contributed by atoms with Gasteiger partial charge in [0.05, 0.1) is 5.69 Å². The zero-order valence-electron chi connectivity index (χ0n) is 6.19. The van der Waals surface area contributed by atoms with Crippen LogP contribution in [0.1, 0.15) is 18.7 Å². The highest BCUT2D eigenvalue weighted by Crippen LogP contribution is 2.18. The van der Waals surface area contributed by atoms with Crippen LogP contribution in [0.4, 0.5) is 0 Å². The molecule has 0 aliphatic carbocycles. The number of imidazole rings is 1. The third-order valence-corrected chi connectivity index (χ3v) is 2.51. The molecule has 0 saturated heterocycles. The van der Waals surface area contributed by atoms with Gasteiger partial charge in [-0.15, -0.1) is 11.3 Å². The number of hydrogen-bond acceptors (Lipinski definition) is 3. The molecular formula is C7H9N3S. The third kappa shape index (κ3) is 0.948. The lowest BCUT2D eigenvalue weighted by atomic mass is 10.3. The van der Waals surface area contributed by atoms with Gasteiger partial charge < -0.3 is 5.73 Å². The fraction of sp³-hybridized carbons (Fsp3) is 0.286. The molecule has 2 N–H and O–H groups in total. The average Bonchev–Trinajstić information content (AvgIpc) is 2.41. The quantitative estimate of drug-likeness (QED) is 0.698. The summed E-state index contributed by atoms with van der Waals surface area (Å²) in [4.78, 5) is 5.16. The number of nitrogens with two attached hydrogens (primary N) is 1. The van der Waals surface area contributed by atoms with Crippen molar-refractivity contribution in [1.82, 2.24) is 9.38 Å². The van der Waals surface area contributed by atoms with Crippen LogP contribution < -0.4 is 5.73 Å². The second-order valence-corrected chi connectivity index (χ2v) is 3.37. The standard InChI is InChI=1S/C7H9N3S/c1-5(8)6-4-11-7-9-2-3-10(6)7/h2-5H,8H2,1H3. The Balaban J connectivity index is 2.68. The summed E-state index contributed by atoms with van der Waals surface area (Å²) in [6, 6.07) is 0.0814. The van der Waals surface area contributed by atoms with Crippen molar-refractivity contribution >= 4 is 16.3 Å². The zero-order valence-corrected chi connectivity index (χ0v) is 7.01. The van der Waals surface area contributed by atoms with Crippen molar-refractivity contribution in [3.8, 4) is 0 Å². The normalized spacial score (nSPS) is 14.0. The van der Waals surface area contributed by atoms with Gasteiger partial charge in [-0.05, 0) is 6.92 Å². The molecule has 0 saturated carbocycles. The molecule has 0 aromatic carbocycles. The van der Waals surface area contributed by atoms with Crippen LogP contribution in [0, 0.1) is 0 Å². The summed E-state index contributed by atoms with van der Waals surface area (Å²) in [6.07, 6.45) is 3.72. The van der Waals surface area contributed by atoms with Crippen molar-refractivity contribution in [1.29, 1.82) is 0 Å². The van der Waals surface area contributed by atoms with Crippen molar-refractivity contribution < 1.29 is 0 Å². The number of fused-ring (bicyclic) bond motifs is 1. The maximum atomic E-state index is 5.74. The molecule has 2 aromatic heterocycles. The molecule has 0 bridgehead atoms. The third-order valence-electron chi connectivity index (χ3n) is 1.64. The summed E-state index contributed by atoms with van der Waals surface area (Å²) in [7, 11) is 0. The van der Waals surface area contributed by atoms with E-state index in [0.29, 0.717) is 0 Å². The number of thiazole rings is 1. The second kappa shape index (κ2) is 2.32. The van der Waals surface area contributed by atoms with Gasteiger partial charge in [-0.1, -0.05) is 0 Å². The average molecular weight is 167 g/mol. The molecule has 1 unspecified atom stereocenters. The van der Waals surface area contributed by atoms with Crippen LogP contribution in [0.15, 0.2) is 17.8 Å². The Morgan fingerprint density at radius 2 is 2.55 bits per heavy atom.